The molecule has 1 heterocycles. The van der Waals surface area contributed by atoms with Crippen LogP contribution in [0.15, 0.2) is 18.2 Å². The maximum absolute atomic E-state index is 12.7. The van der Waals surface area contributed by atoms with Gasteiger partial charge in [-0.25, -0.2) is 0 Å². The second-order valence-corrected chi connectivity index (χ2v) is 6.69. The fraction of sp³-hybridized carbons (Fsp3) is 0.667. The first-order valence-electron chi connectivity index (χ1n) is 8.36. The van der Waals surface area contributed by atoms with Crippen molar-refractivity contribution in [2.45, 2.75) is 65.2 Å². The Morgan fingerprint density at radius 2 is 1.70 bits per heavy atom. The van der Waals surface area contributed by atoms with Gasteiger partial charge in [0.15, 0.2) is 11.5 Å². The van der Waals surface area contributed by atoms with Crippen LogP contribution in [0.1, 0.15) is 52.0 Å². The molecule has 0 bridgehead atoms. The van der Waals surface area contributed by atoms with Crippen molar-refractivity contribution in [3.8, 4) is 11.5 Å². The van der Waals surface area contributed by atoms with Crippen LogP contribution in [0.2, 0.25) is 0 Å². The average Bonchev–Trinajstić information content (AvgIpc) is 2.48. The summed E-state index contributed by atoms with van der Waals surface area (Å²) in [5, 5.41) is 0. The highest BCUT2D eigenvalue weighted by molar-refractivity contribution is 5.44. The molecule has 5 heteroatoms. The summed E-state index contributed by atoms with van der Waals surface area (Å²) in [4.78, 5) is 2.40. The number of likely N-dealkylation sites (tertiary alicyclic amines) is 1. The van der Waals surface area contributed by atoms with Gasteiger partial charge in [0, 0.05) is 19.1 Å². The topological polar surface area (TPSA) is 21.7 Å². The summed E-state index contributed by atoms with van der Waals surface area (Å²) in [5.74, 6) is 0.800. The lowest BCUT2D eigenvalue weighted by Gasteiger charge is -2.34. The van der Waals surface area contributed by atoms with Crippen molar-refractivity contribution in [1.29, 1.82) is 0 Å². The third-order valence-electron chi connectivity index (χ3n) is 4.35. The zero-order valence-corrected chi connectivity index (χ0v) is 14.4. The summed E-state index contributed by atoms with van der Waals surface area (Å²) >= 11 is 0. The van der Waals surface area contributed by atoms with Gasteiger partial charge in [0.1, 0.15) is 6.10 Å². The predicted octanol–water partition coefficient (Wildman–Crippen LogP) is 4.66. The summed E-state index contributed by atoms with van der Waals surface area (Å²) in [6.45, 7) is 7.49. The zero-order valence-electron chi connectivity index (χ0n) is 14.4. The number of halogens is 2. The van der Waals surface area contributed by atoms with E-state index in [1.807, 2.05) is 19.9 Å². The monoisotopic (exact) mass is 327 g/mol. The average molecular weight is 327 g/mol. The van der Waals surface area contributed by atoms with E-state index in [1.165, 1.54) is 0 Å². The Hall–Kier alpha value is -1.36. The van der Waals surface area contributed by atoms with Crippen molar-refractivity contribution in [2.24, 2.45) is 0 Å². The van der Waals surface area contributed by atoms with Gasteiger partial charge in [-0.1, -0.05) is 19.9 Å². The highest BCUT2D eigenvalue weighted by Gasteiger charge is 2.23. The first-order chi connectivity index (χ1) is 10.9. The van der Waals surface area contributed by atoms with Crippen molar-refractivity contribution < 1.29 is 18.3 Å². The van der Waals surface area contributed by atoms with Crippen LogP contribution in [-0.2, 0) is 0 Å². The van der Waals surface area contributed by atoms with Crippen molar-refractivity contribution in [1.82, 2.24) is 4.90 Å². The molecule has 0 N–H and O–H groups in total. The quantitative estimate of drug-likeness (QED) is 0.758. The Bertz CT molecular complexity index is 498. The maximum Gasteiger partial charge on any atom is 0.387 e. The highest BCUT2D eigenvalue weighted by Crippen LogP contribution is 2.34. The largest absolute Gasteiger partial charge is 0.486 e. The third kappa shape index (κ3) is 5.06. The third-order valence-corrected chi connectivity index (χ3v) is 4.35. The van der Waals surface area contributed by atoms with Crippen LogP contribution in [0, 0.1) is 0 Å². The molecule has 2 rings (SSSR count). The van der Waals surface area contributed by atoms with Crippen molar-refractivity contribution in [3.63, 3.8) is 0 Å². The summed E-state index contributed by atoms with van der Waals surface area (Å²) in [6.07, 6.45) is 1.85. The minimum atomic E-state index is -2.84. The molecule has 23 heavy (non-hydrogen) atoms. The van der Waals surface area contributed by atoms with Gasteiger partial charge >= 0.3 is 6.61 Å². The van der Waals surface area contributed by atoms with Crippen LogP contribution < -0.4 is 9.47 Å². The van der Waals surface area contributed by atoms with Gasteiger partial charge in [0.05, 0.1) is 0 Å². The zero-order chi connectivity index (χ0) is 17.0. The number of benzene rings is 1. The minimum absolute atomic E-state index is 0.0509. The van der Waals surface area contributed by atoms with Crippen molar-refractivity contribution >= 4 is 0 Å². The molecule has 0 saturated carbocycles. The molecule has 1 aromatic carbocycles. The molecule has 0 aromatic heterocycles. The minimum Gasteiger partial charge on any atom is -0.486 e. The first-order valence-corrected chi connectivity index (χ1v) is 8.36. The lowest BCUT2D eigenvalue weighted by molar-refractivity contribution is -0.0526. The summed E-state index contributed by atoms with van der Waals surface area (Å²) in [7, 11) is 0. The van der Waals surface area contributed by atoms with Gasteiger partial charge in [-0.2, -0.15) is 8.78 Å². The number of hydrogen-bond acceptors (Lipinski definition) is 3. The number of ether oxygens (including phenoxy) is 2. The maximum atomic E-state index is 12.7. The number of rotatable bonds is 6. The van der Waals surface area contributed by atoms with E-state index < -0.39 is 6.61 Å². The number of hydrogen-bond donors (Lipinski definition) is 0. The number of piperidine rings is 1. The van der Waals surface area contributed by atoms with Crippen molar-refractivity contribution in [2.75, 3.05) is 13.1 Å². The standard InChI is InChI=1S/C18H27F2NO2/c1-12(2)14-5-6-16(17(11-14)23-18(19)20)22-15-7-9-21(10-8-15)13(3)4/h5-6,11-13,15,18H,7-10H2,1-4H3. The molecule has 0 radical (unpaired) electrons. The lowest BCUT2D eigenvalue weighted by atomic mass is 10.0. The van der Waals surface area contributed by atoms with Crippen LogP contribution in [0.5, 0.6) is 11.5 Å². The number of alkyl halides is 2. The summed E-state index contributed by atoms with van der Waals surface area (Å²) in [6, 6.07) is 5.86. The summed E-state index contributed by atoms with van der Waals surface area (Å²) in [5.41, 5.74) is 0.961. The van der Waals surface area contributed by atoms with Crippen LogP contribution in [0.3, 0.4) is 0 Å². The molecule has 1 saturated heterocycles. The Labute approximate surface area is 137 Å². The van der Waals surface area contributed by atoms with Gasteiger partial charge in [0.25, 0.3) is 0 Å². The van der Waals surface area contributed by atoms with Gasteiger partial charge in [0.2, 0.25) is 0 Å². The molecule has 0 spiro atoms. The Morgan fingerprint density at radius 1 is 1.04 bits per heavy atom. The SMILES string of the molecule is CC(C)c1ccc(OC2CCN(C(C)C)CC2)c(OC(F)F)c1. The van der Waals surface area contributed by atoms with Crippen LogP contribution in [-0.4, -0.2) is 36.7 Å². The smallest absolute Gasteiger partial charge is 0.387 e. The van der Waals surface area contributed by atoms with E-state index in [0.717, 1.165) is 31.5 Å². The summed E-state index contributed by atoms with van der Waals surface area (Å²) < 4.78 is 36.0. The Balaban J connectivity index is 2.07. The van der Waals surface area contributed by atoms with Gasteiger partial charge < -0.3 is 14.4 Å². The molecule has 1 aromatic rings. The fourth-order valence-electron chi connectivity index (χ4n) is 2.86. The van der Waals surface area contributed by atoms with Crippen LogP contribution >= 0.6 is 0 Å². The van der Waals surface area contributed by atoms with E-state index in [0.29, 0.717) is 11.8 Å². The molecule has 0 aliphatic carbocycles. The molecular formula is C18H27F2NO2. The Morgan fingerprint density at radius 3 is 2.22 bits per heavy atom. The molecule has 1 aliphatic rings. The van der Waals surface area contributed by atoms with E-state index in [1.54, 1.807) is 12.1 Å². The van der Waals surface area contributed by atoms with E-state index in [9.17, 15) is 8.78 Å². The van der Waals surface area contributed by atoms with E-state index in [-0.39, 0.29) is 17.8 Å². The molecule has 0 amide bonds. The molecule has 0 unspecified atom stereocenters. The molecule has 1 aliphatic heterocycles. The normalized spacial score (nSPS) is 17.3. The van der Waals surface area contributed by atoms with E-state index in [2.05, 4.69) is 23.5 Å². The number of nitrogens with zero attached hydrogens (tertiary/aromatic N) is 1. The second kappa shape index (κ2) is 7.95. The fourth-order valence-corrected chi connectivity index (χ4v) is 2.86. The van der Waals surface area contributed by atoms with Crippen LogP contribution in [0.4, 0.5) is 8.78 Å². The molecular weight excluding hydrogens is 300 g/mol. The first kappa shape index (κ1) is 18.0. The predicted molar refractivity (Wildman–Crippen MR) is 87.5 cm³/mol. The second-order valence-electron chi connectivity index (χ2n) is 6.69. The van der Waals surface area contributed by atoms with Crippen molar-refractivity contribution in [3.05, 3.63) is 23.8 Å². The molecule has 3 nitrogen and oxygen atoms in total. The van der Waals surface area contributed by atoms with Crippen LogP contribution in [0.25, 0.3) is 0 Å². The Kier molecular flexibility index (Phi) is 6.22. The van der Waals surface area contributed by atoms with Gasteiger partial charge in [-0.15, -0.1) is 0 Å². The van der Waals surface area contributed by atoms with Gasteiger partial charge in [-0.05, 0) is 50.3 Å². The highest BCUT2D eigenvalue weighted by atomic mass is 19.3. The molecule has 130 valence electrons. The van der Waals surface area contributed by atoms with Gasteiger partial charge in [-0.3, -0.25) is 0 Å². The molecule has 1 fully saturated rings. The molecule has 0 atom stereocenters. The van der Waals surface area contributed by atoms with E-state index in [4.69, 9.17) is 4.74 Å². The lowest BCUT2D eigenvalue weighted by Crippen LogP contribution is -2.41. The van der Waals surface area contributed by atoms with E-state index >= 15 is 0 Å².